The van der Waals surface area contributed by atoms with Crippen LogP contribution in [0.15, 0.2) is 114 Å². The van der Waals surface area contributed by atoms with E-state index >= 15 is 0 Å². The molecule has 0 radical (unpaired) electrons. The fraction of sp³-hybridized carbons (Fsp3) is 0.229. The van der Waals surface area contributed by atoms with Gasteiger partial charge in [0.05, 0.1) is 6.04 Å². The summed E-state index contributed by atoms with van der Waals surface area (Å²) in [5, 5.41) is 13.4. The highest BCUT2D eigenvalue weighted by molar-refractivity contribution is 7.98. The van der Waals surface area contributed by atoms with Gasteiger partial charge in [-0.25, -0.2) is 0 Å². The van der Waals surface area contributed by atoms with Crippen LogP contribution in [-0.4, -0.2) is 20.7 Å². The Morgan fingerprint density at radius 3 is 2.02 bits per heavy atom. The Balaban J connectivity index is 1.51. The van der Waals surface area contributed by atoms with Gasteiger partial charge >= 0.3 is 0 Å². The zero-order valence-corrected chi connectivity index (χ0v) is 24.9. The molecule has 1 heterocycles. The summed E-state index contributed by atoms with van der Waals surface area (Å²) in [7, 11) is 0. The van der Waals surface area contributed by atoms with E-state index in [-0.39, 0.29) is 11.3 Å². The zero-order valence-electron chi connectivity index (χ0n) is 24.0. The van der Waals surface area contributed by atoms with Gasteiger partial charge in [0.15, 0.2) is 11.0 Å². The van der Waals surface area contributed by atoms with E-state index in [0.29, 0.717) is 17.8 Å². The first-order valence-electron chi connectivity index (χ1n) is 13.9. The second-order valence-electron chi connectivity index (χ2n) is 11.3. The number of carbonyl (C=O) groups is 1. The van der Waals surface area contributed by atoms with Crippen LogP contribution >= 0.6 is 11.8 Å². The van der Waals surface area contributed by atoms with Crippen molar-refractivity contribution in [1.82, 2.24) is 20.1 Å². The molecule has 1 unspecified atom stereocenters. The van der Waals surface area contributed by atoms with Gasteiger partial charge in [-0.05, 0) is 59.7 Å². The third-order valence-corrected chi connectivity index (χ3v) is 8.07. The Morgan fingerprint density at radius 1 is 0.805 bits per heavy atom. The fourth-order valence-electron chi connectivity index (χ4n) is 4.68. The highest BCUT2D eigenvalue weighted by Crippen LogP contribution is 2.30. The summed E-state index contributed by atoms with van der Waals surface area (Å²) in [4.78, 5) is 13.6. The molecule has 41 heavy (non-hydrogen) atoms. The third kappa shape index (κ3) is 7.14. The van der Waals surface area contributed by atoms with E-state index in [1.807, 2.05) is 60.7 Å². The van der Waals surface area contributed by atoms with E-state index in [4.69, 9.17) is 5.10 Å². The average Bonchev–Trinajstić information content (AvgIpc) is 3.41. The smallest absolute Gasteiger partial charge is 0.251 e. The quantitative estimate of drug-likeness (QED) is 0.186. The van der Waals surface area contributed by atoms with Gasteiger partial charge in [0.2, 0.25) is 0 Å². The second kappa shape index (κ2) is 12.6. The van der Waals surface area contributed by atoms with E-state index in [9.17, 15) is 4.79 Å². The molecule has 6 heteroatoms. The predicted octanol–water partition coefficient (Wildman–Crippen LogP) is 7.88. The number of thioether (sulfide) groups is 1. The summed E-state index contributed by atoms with van der Waals surface area (Å²) in [5.74, 6) is 1.33. The van der Waals surface area contributed by atoms with Crippen LogP contribution in [0.1, 0.15) is 65.2 Å². The van der Waals surface area contributed by atoms with E-state index in [1.165, 1.54) is 16.7 Å². The highest BCUT2D eigenvalue weighted by Gasteiger charge is 2.26. The fourth-order valence-corrected chi connectivity index (χ4v) is 5.59. The van der Waals surface area contributed by atoms with Crippen molar-refractivity contribution in [3.8, 4) is 5.69 Å². The van der Waals surface area contributed by atoms with Crippen LogP contribution in [0, 0.1) is 6.92 Å². The molecule has 1 atom stereocenters. The summed E-state index contributed by atoms with van der Waals surface area (Å²) in [6, 6.07) is 36.4. The van der Waals surface area contributed by atoms with Crippen molar-refractivity contribution in [2.24, 2.45) is 0 Å². The van der Waals surface area contributed by atoms with Gasteiger partial charge in [0, 0.05) is 17.0 Å². The van der Waals surface area contributed by atoms with E-state index < -0.39 is 6.04 Å². The molecule has 1 N–H and O–H groups in total. The first kappa shape index (κ1) is 28.4. The highest BCUT2D eigenvalue weighted by atomic mass is 32.2. The summed E-state index contributed by atoms with van der Waals surface area (Å²) in [5.41, 5.74) is 6.29. The number of nitrogens with zero attached hydrogens (tertiary/aromatic N) is 3. The molecule has 4 aromatic carbocycles. The maximum atomic E-state index is 13.6. The molecule has 5 rings (SSSR count). The zero-order chi connectivity index (χ0) is 28.8. The minimum absolute atomic E-state index is 0.0170. The van der Waals surface area contributed by atoms with Crippen molar-refractivity contribution in [2.45, 2.75) is 56.5 Å². The number of aromatic nitrogens is 3. The van der Waals surface area contributed by atoms with Gasteiger partial charge in [0.25, 0.3) is 5.91 Å². The van der Waals surface area contributed by atoms with Crippen LogP contribution in [0.25, 0.3) is 5.69 Å². The number of rotatable bonds is 9. The molecule has 0 saturated heterocycles. The van der Waals surface area contributed by atoms with Crippen molar-refractivity contribution in [3.05, 3.63) is 143 Å². The first-order valence-corrected chi connectivity index (χ1v) is 14.9. The number of aryl methyl sites for hydroxylation is 1. The summed E-state index contributed by atoms with van der Waals surface area (Å²) in [6.45, 7) is 8.58. The minimum atomic E-state index is -0.396. The maximum Gasteiger partial charge on any atom is 0.251 e. The number of amides is 1. The molecule has 1 amide bonds. The maximum absolute atomic E-state index is 13.6. The molecule has 0 fully saturated rings. The number of nitrogens with one attached hydrogen (secondary N) is 1. The van der Waals surface area contributed by atoms with Gasteiger partial charge in [-0.2, -0.15) is 0 Å². The van der Waals surface area contributed by atoms with Crippen LogP contribution in [0.2, 0.25) is 0 Å². The molecule has 208 valence electrons. The van der Waals surface area contributed by atoms with Crippen molar-refractivity contribution < 1.29 is 4.79 Å². The Labute approximate surface area is 247 Å². The molecule has 1 aromatic heterocycles. The van der Waals surface area contributed by atoms with Gasteiger partial charge in [-0.3, -0.25) is 9.36 Å². The van der Waals surface area contributed by atoms with Crippen molar-refractivity contribution >= 4 is 17.7 Å². The van der Waals surface area contributed by atoms with Crippen LogP contribution in [0.3, 0.4) is 0 Å². The largest absolute Gasteiger partial charge is 0.342 e. The molecule has 0 aliphatic heterocycles. The molecular weight excluding hydrogens is 524 g/mol. The number of benzene rings is 4. The molecule has 0 saturated carbocycles. The van der Waals surface area contributed by atoms with E-state index in [1.54, 1.807) is 11.8 Å². The van der Waals surface area contributed by atoms with E-state index in [2.05, 4.69) is 91.2 Å². The van der Waals surface area contributed by atoms with Crippen LogP contribution in [0.4, 0.5) is 0 Å². The lowest BCUT2D eigenvalue weighted by Gasteiger charge is -2.21. The molecule has 5 aromatic rings. The normalized spacial score (nSPS) is 12.2. The lowest BCUT2D eigenvalue weighted by Crippen LogP contribution is -2.32. The van der Waals surface area contributed by atoms with Gasteiger partial charge in [-0.1, -0.05) is 123 Å². The van der Waals surface area contributed by atoms with Gasteiger partial charge in [0.1, 0.15) is 0 Å². The van der Waals surface area contributed by atoms with Crippen molar-refractivity contribution in [1.29, 1.82) is 0 Å². The molecular formula is C35H36N4OS. The summed E-state index contributed by atoms with van der Waals surface area (Å²) >= 11 is 1.64. The average molecular weight is 561 g/mol. The molecule has 0 bridgehead atoms. The van der Waals surface area contributed by atoms with E-state index in [0.717, 1.165) is 22.2 Å². The standard InChI is InChI=1S/C35H36N4OS/c1-25-15-21-30(22-16-25)39-32(37-38-34(39)41-24-27-13-9-6-10-14-27)31(23-26-11-7-5-8-12-26)36-33(40)28-17-19-29(20-18-28)35(2,3)4/h5-22,31H,23-24H2,1-4H3,(H,36,40). The van der Waals surface area contributed by atoms with Crippen molar-refractivity contribution in [2.75, 3.05) is 0 Å². The second-order valence-corrected chi connectivity index (χ2v) is 12.3. The molecule has 0 spiro atoms. The Hall–Kier alpha value is -4.16. The number of hydrogen-bond donors (Lipinski definition) is 1. The lowest BCUT2D eigenvalue weighted by molar-refractivity contribution is 0.0934. The minimum Gasteiger partial charge on any atom is -0.342 e. The predicted molar refractivity (Wildman–Crippen MR) is 168 cm³/mol. The Morgan fingerprint density at radius 2 is 1.41 bits per heavy atom. The van der Waals surface area contributed by atoms with Crippen molar-refractivity contribution in [3.63, 3.8) is 0 Å². The Kier molecular flexibility index (Phi) is 8.70. The number of carbonyl (C=O) groups excluding carboxylic acids is 1. The topological polar surface area (TPSA) is 59.8 Å². The number of hydrogen-bond acceptors (Lipinski definition) is 4. The van der Waals surface area contributed by atoms with Crippen LogP contribution in [-0.2, 0) is 17.6 Å². The Bertz CT molecular complexity index is 1570. The monoisotopic (exact) mass is 560 g/mol. The molecule has 5 nitrogen and oxygen atoms in total. The molecule has 0 aliphatic rings. The SMILES string of the molecule is Cc1ccc(-n2c(SCc3ccccc3)nnc2C(Cc2ccccc2)NC(=O)c2ccc(C(C)(C)C)cc2)cc1. The summed E-state index contributed by atoms with van der Waals surface area (Å²) < 4.78 is 2.09. The van der Waals surface area contributed by atoms with Gasteiger partial charge < -0.3 is 5.32 Å². The van der Waals surface area contributed by atoms with Crippen LogP contribution < -0.4 is 5.32 Å². The van der Waals surface area contributed by atoms with Gasteiger partial charge in [-0.15, -0.1) is 10.2 Å². The molecule has 0 aliphatic carbocycles. The third-order valence-electron chi connectivity index (χ3n) is 7.07. The lowest BCUT2D eigenvalue weighted by atomic mass is 9.86. The first-order chi connectivity index (χ1) is 19.8. The van der Waals surface area contributed by atoms with Crippen LogP contribution in [0.5, 0.6) is 0 Å². The summed E-state index contributed by atoms with van der Waals surface area (Å²) in [6.07, 6.45) is 0.583.